The van der Waals surface area contributed by atoms with E-state index in [1.807, 2.05) is 23.1 Å². The number of carbonyl (C=O) groups excluding carboxylic acids is 2. The van der Waals surface area contributed by atoms with Crippen molar-refractivity contribution < 1.29 is 9.59 Å². The van der Waals surface area contributed by atoms with Crippen molar-refractivity contribution in [2.75, 3.05) is 26.2 Å². The third-order valence-corrected chi connectivity index (χ3v) is 6.72. The van der Waals surface area contributed by atoms with Gasteiger partial charge in [0.15, 0.2) is 5.78 Å². The number of nitrogens with zero attached hydrogens (tertiary/aromatic N) is 2. The summed E-state index contributed by atoms with van der Waals surface area (Å²) >= 11 is 0. The zero-order valence-corrected chi connectivity index (χ0v) is 19.2. The van der Waals surface area contributed by atoms with Crippen LogP contribution in [-0.4, -0.2) is 47.7 Å². The standard InChI is InChI=1S/C27H36N2O2/c1-4-22(5-2)11-16-26(31)23-12-14-25(15-13-23)27(24-9-7-6-8-10-24)29-19-17-28(18-20-29)21(3)30/h6-10,12-15,22,27H,4-5,11,16-20H2,1-3H3. The molecule has 2 aromatic carbocycles. The number of hydrogen-bond acceptors (Lipinski definition) is 3. The first-order valence-electron chi connectivity index (χ1n) is 11.7. The monoisotopic (exact) mass is 420 g/mol. The Kier molecular flexibility index (Phi) is 8.42. The van der Waals surface area contributed by atoms with Crippen LogP contribution in [0.2, 0.25) is 0 Å². The predicted molar refractivity (Wildman–Crippen MR) is 126 cm³/mol. The maximum Gasteiger partial charge on any atom is 0.219 e. The molecule has 3 rings (SSSR count). The van der Waals surface area contributed by atoms with Crippen LogP contribution in [-0.2, 0) is 4.79 Å². The fraction of sp³-hybridized carbons (Fsp3) is 0.481. The van der Waals surface area contributed by atoms with E-state index >= 15 is 0 Å². The van der Waals surface area contributed by atoms with Gasteiger partial charge in [0.25, 0.3) is 0 Å². The summed E-state index contributed by atoms with van der Waals surface area (Å²) in [5.74, 6) is 1.02. The fourth-order valence-electron chi connectivity index (χ4n) is 4.57. The lowest BCUT2D eigenvalue weighted by Gasteiger charge is -2.39. The van der Waals surface area contributed by atoms with E-state index < -0.39 is 0 Å². The van der Waals surface area contributed by atoms with E-state index in [0.717, 1.165) is 51.0 Å². The number of hydrogen-bond donors (Lipinski definition) is 0. The summed E-state index contributed by atoms with van der Waals surface area (Å²) in [6, 6.07) is 18.8. The Bertz CT molecular complexity index is 835. The smallest absolute Gasteiger partial charge is 0.219 e. The second kappa shape index (κ2) is 11.2. The molecule has 166 valence electrons. The molecule has 1 unspecified atom stereocenters. The molecule has 0 saturated carbocycles. The molecule has 0 N–H and O–H groups in total. The highest BCUT2D eigenvalue weighted by molar-refractivity contribution is 5.96. The van der Waals surface area contributed by atoms with Crippen LogP contribution in [0.15, 0.2) is 54.6 Å². The van der Waals surface area contributed by atoms with E-state index in [1.165, 1.54) is 11.1 Å². The van der Waals surface area contributed by atoms with Crippen molar-refractivity contribution >= 4 is 11.7 Å². The number of piperazine rings is 1. The summed E-state index contributed by atoms with van der Waals surface area (Å²) in [6.45, 7) is 9.24. The van der Waals surface area contributed by atoms with Gasteiger partial charge < -0.3 is 4.90 Å². The molecule has 4 nitrogen and oxygen atoms in total. The molecule has 0 radical (unpaired) electrons. The molecule has 1 saturated heterocycles. The van der Waals surface area contributed by atoms with Gasteiger partial charge in [-0.1, -0.05) is 81.3 Å². The van der Waals surface area contributed by atoms with Crippen molar-refractivity contribution in [3.63, 3.8) is 0 Å². The van der Waals surface area contributed by atoms with Crippen LogP contribution in [0.3, 0.4) is 0 Å². The van der Waals surface area contributed by atoms with Crippen molar-refractivity contribution in [3.8, 4) is 0 Å². The van der Waals surface area contributed by atoms with E-state index in [4.69, 9.17) is 0 Å². The zero-order chi connectivity index (χ0) is 22.2. The number of amides is 1. The molecule has 0 aromatic heterocycles. The minimum atomic E-state index is 0.129. The first-order chi connectivity index (χ1) is 15.0. The lowest BCUT2D eigenvalue weighted by atomic mass is 9.92. The van der Waals surface area contributed by atoms with E-state index in [2.05, 4.69) is 55.1 Å². The van der Waals surface area contributed by atoms with E-state index in [9.17, 15) is 9.59 Å². The highest BCUT2D eigenvalue weighted by Crippen LogP contribution is 2.30. The van der Waals surface area contributed by atoms with E-state index in [-0.39, 0.29) is 17.7 Å². The van der Waals surface area contributed by atoms with Crippen LogP contribution in [0, 0.1) is 5.92 Å². The molecule has 0 spiro atoms. The molecule has 4 heteroatoms. The van der Waals surface area contributed by atoms with Gasteiger partial charge in [-0.15, -0.1) is 0 Å². The molecule has 0 bridgehead atoms. The Morgan fingerprint density at radius 3 is 1.97 bits per heavy atom. The molecule has 1 aliphatic heterocycles. The fourth-order valence-corrected chi connectivity index (χ4v) is 4.57. The summed E-state index contributed by atoms with van der Waals surface area (Å²) in [7, 11) is 0. The summed E-state index contributed by atoms with van der Waals surface area (Å²) < 4.78 is 0. The summed E-state index contributed by atoms with van der Waals surface area (Å²) in [4.78, 5) is 28.8. The largest absolute Gasteiger partial charge is 0.340 e. The van der Waals surface area contributed by atoms with Crippen LogP contribution < -0.4 is 0 Å². The third kappa shape index (κ3) is 6.04. The van der Waals surface area contributed by atoms with Gasteiger partial charge in [0.2, 0.25) is 5.91 Å². The minimum absolute atomic E-state index is 0.129. The molecule has 2 aromatic rings. The molecular weight excluding hydrogens is 384 g/mol. The van der Waals surface area contributed by atoms with Crippen LogP contribution in [0.5, 0.6) is 0 Å². The lowest BCUT2D eigenvalue weighted by Crippen LogP contribution is -2.49. The predicted octanol–water partition coefficient (Wildman–Crippen LogP) is 5.34. The van der Waals surface area contributed by atoms with E-state index in [1.54, 1.807) is 6.92 Å². The van der Waals surface area contributed by atoms with Crippen molar-refractivity contribution in [1.29, 1.82) is 0 Å². The van der Waals surface area contributed by atoms with Crippen molar-refractivity contribution in [1.82, 2.24) is 9.80 Å². The van der Waals surface area contributed by atoms with Crippen LogP contribution in [0.25, 0.3) is 0 Å². The number of ketones is 1. The molecule has 0 aliphatic carbocycles. The molecule has 31 heavy (non-hydrogen) atoms. The van der Waals surface area contributed by atoms with Gasteiger partial charge in [-0.25, -0.2) is 0 Å². The zero-order valence-electron chi connectivity index (χ0n) is 19.2. The Labute approximate surface area is 187 Å². The Hall–Kier alpha value is -2.46. The first kappa shape index (κ1) is 23.2. The van der Waals surface area contributed by atoms with Crippen LogP contribution in [0.4, 0.5) is 0 Å². The number of rotatable bonds is 9. The van der Waals surface area contributed by atoms with Crippen molar-refractivity contribution in [2.24, 2.45) is 5.92 Å². The van der Waals surface area contributed by atoms with Gasteiger partial charge in [0.05, 0.1) is 6.04 Å². The van der Waals surface area contributed by atoms with E-state index in [0.29, 0.717) is 12.3 Å². The normalized spacial score (nSPS) is 15.8. The van der Waals surface area contributed by atoms with Crippen molar-refractivity contribution in [3.05, 3.63) is 71.3 Å². The quantitative estimate of drug-likeness (QED) is 0.514. The Balaban J connectivity index is 1.76. The second-order valence-corrected chi connectivity index (χ2v) is 8.62. The average molecular weight is 421 g/mol. The number of Topliss-reactive ketones (excluding diaryl/α,β-unsaturated/α-hetero) is 1. The average Bonchev–Trinajstić information content (AvgIpc) is 2.81. The molecule has 1 atom stereocenters. The van der Waals surface area contributed by atoms with Crippen LogP contribution >= 0.6 is 0 Å². The summed E-state index contributed by atoms with van der Waals surface area (Å²) in [6.07, 6.45) is 3.87. The highest BCUT2D eigenvalue weighted by Gasteiger charge is 2.27. The summed E-state index contributed by atoms with van der Waals surface area (Å²) in [5, 5.41) is 0. The van der Waals surface area contributed by atoms with Gasteiger partial charge in [-0.3, -0.25) is 14.5 Å². The topological polar surface area (TPSA) is 40.6 Å². The Morgan fingerprint density at radius 1 is 0.839 bits per heavy atom. The summed E-state index contributed by atoms with van der Waals surface area (Å²) in [5.41, 5.74) is 3.24. The van der Waals surface area contributed by atoms with Gasteiger partial charge in [0.1, 0.15) is 0 Å². The van der Waals surface area contributed by atoms with Crippen LogP contribution in [0.1, 0.15) is 74.0 Å². The minimum Gasteiger partial charge on any atom is -0.340 e. The van der Waals surface area contributed by atoms with Gasteiger partial charge in [-0.2, -0.15) is 0 Å². The maximum atomic E-state index is 12.7. The Morgan fingerprint density at radius 2 is 1.42 bits per heavy atom. The highest BCUT2D eigenvalue weighted by atomic mass is 16.2. The lowest BCUT2D eigenvalue weighted by molar-refractivity contribution is -0.130. The molecular formula is C27H36N2O2. The second-order valence-electron chi connectivity index (χ2n) is 8.62. The van der Waals surface area contributed by atoms with Gasteiger partial charge in [0, 0.05) is 45.1 Å². The van der Waals surface area contributed by atoms with Crippen molar-refractivity contribution in [2.45, 2.75) is 52.5 Å². The van der Waals surface area contributed by atoms with Gasteiger partial charge in [-0.05, 0) is 23.5 Å². The SMILES string of the molecule is CCC(CC)CCC(=O)c1ccc(C(c2ccccc2)N2CCN(C(C)=O)CC2)cc1. The number of benzene rings is 2. The van der Waals surface area contributed by atoms with Gasteiger partial charge >= 0.3 is 0 Å². The number of carbonyl (C=O) groups is 2. The third-order valence-electron chi connectivity index (χ3n) is 6.72. The first-order valence-corrected chi connectivity index (χ1v) is 11.7. The maximum absolute atomic E-state index is 12.7. The molecule has 1 fully saturated rings. The molecule has 1 amide bonds. The molecule has 1 heterocycles. The molecule has 1 aliphatic rings.